The summed E-state index contributed by atoms with van der Waals surface area (Å²) in [6, 6.07) is 6.70. The molecule has 0 saturated carbocycles. The van der Waals surface area contributed by atoms with Gasteiger partial charge in [0, 0.05) is 37.2 Å². The summed E-state index contributed by atoms with van der Waals surface area (Å²) in [5.41, 5.74) is 2.65. The third kappa shape index (κ3) is 3.31. The van der Waals surface area contributed by atoms with Gasteiger partial charge in [-0.05, 0) is 30.0 Å². The number of hydrogen-bond acceptors (Lipinski definition) is 2. The van der Waals surface area contributed by atoms with E-state index < -0.39 is 0 Å². The SMILES string of the molecule is CCC(C)[C@@H](c1c(C)cccc1Cl)N1CCNCC1. The molecule has 106 valence electrons. The monoisotopic (exact) mass is 280 g/mol. The number of nitrogens with one attached hydrogen (secondary N) is 1. The van der Waals surface area contributed by atoms with E-state index in [9.17, 15) is 0 Å². The fourth-order valence-electron chi connectivity index (χ4n) is 3.03. The topological polar surface area (TPSA) is 15.3 Å². The molecule has 1 heterocycles. The molecule has 1 N–H and O–H groups in total. The average molecular weight is 281 g/mol. The fourth-order valence-corrected chi connectivity index (χ4v) is 3.36. The van der Waals surface area contributed by atoms with Gasteiger partial charge in [-0.25, -0.2) is 0 Å². The van der Waals surface area contributed by atoms with E-state index >= 15 is 0 Å². The zero-order chi connectivity index (χ0) is 13.8. The Morgan fingerprint density at radius 2 is 2.00 bits per heavy atom. The molecular weight excluding hydrogens is 256 g/mol. The molecule has 0 bridgehead atoms. The summed E-state index contributed by atoms with van der Waals surface area (Å²) in [4.78, 5) is 2.60. The molecule has 19 heavy (non-hydrogen) atoms. The molecule has 2 nitrogen and oxygen atoms in total. The van der Waals surface area contributed by atoms with Gasteiger partial charge in [0.05, 0.1) is 0 Å². The highest BCUT2D eigenvalue weighted by Crippen LogP contribution is 2.37. The van der Waals surface area contributed by atoms with Crippen molar-refractivity contribution < 1.29 is 0 Å². The first-order valence-electron chi connectivity index (χ1n) is 7.35. The second kappa shape index (κ2) is 6.74. The van der Waals surface area contributed by atoms with Gasteiger partial charge >= 0.3 is 0 Å². The average Bonchev–Trinajstić information content (AvgIpc) is 2.43. The Bertz CT molecular complexity index is 393. The summed E-state index contributed by atoms with van der Waals surface area (Å²) in [7, 11) is 0. The molecule has 1 unspecified atom stereocenters. The number of piperazine rings is 1. The van der Waals surface area contributed by atoms with Crippen LogP contribution in [0, 0.1) is 12.8 Å². The van der Waals surface area contributed by atoms with E-state index in [1.165, 1.54) is 17.5 Å². The molecule has 1 aromatic rings. The molecule has 0 radical (unpaired) electrons. The lowest BCUT2D eigenvalue weighted by Gasteiger charge is -2.39. The summed E-state index contributed by atoms with van der Waals surface area (Å²) in [6.45, 7) is 11.2. The minimum atomic E-state index is 0.445. The van der Waals surface area contributed by atoms with E-state index in [2.05, 4.69) is 37.1 Å². The van der Waals surface area contributed by atoms with Crippen LogP contribution in [0.15, 0.2) is 18.2 Å². The maximum Gasteiger partial charge on any atom is 0.0456 e. The van der Waals surface area contributed by atoms with E-state index in [-0.39, 0.29) is 0 Å². The fraction of sp³-hybridized carbons (Fsp3) is 0.625. The molecule has 3 heteroatoms. The Morgan fingerprint density at radius 1 is 1.32 bits per heavy atom. The van der Waals surface area contributed by atoms with Crippen molar-refractivity contribution in [3.05, 3.63) is 34.3 Å². The number of rotatable bonds is 4. The van der Waals surface area contributed by atoms with E-state index in [1.54, 1.807) is 0 Å². The minimum absolute atomic E-state index is 0.445. The van der Waals surface area contributed by atoms with E-state index in [1.807, 2.05) is 12.1 Å². The van der Waals surface area contributed by atoms with Gasteiger partial charge in [-0.3, -0.25) is 4.90 Å². The number of benzene rings is 1. The molecule has 1 saturated heterocycles. The minimum Gasteiger partial charge on any atom is -0.314 e. The molecule has 0 aromatic heterocycles. The molecule has 1 fully saturated rings. The summed E-state index contributed by atoms with van der Waals surface area (Å²) in [6.07, 6.45) is 1.18. The number of nitrogens with zero attached hydrogens (tertiary/aromatic N) is 1. The van der Waals surface area contributed by atoms with Crippen molar-refractivity contribution in [1.82, 2.24) is 10.2 Å². The van der Waals surface area contributed by atoms with Crippen molar-refractivity contribution in [2.75, 3.05) is 26.2 Å². The van der Waals surface area contributed by atoms with Gasteiger partial charge in [0.2, 0.25) is 0 Å². The third-order valence-electron chi connectivity index (χ3n) is 4.29. The summed E-state index contributed by atoms with van der Waals surface area (Å²) in [5.74, 6) is 0.622. The first kappa shape index (κ1) is 14.8. The standard InChI is InChI=1S/C16H25ClN2/c1-4-12(2)16(19-10-8-18-9-11-19)15-13(3)6-5-7-14(15)17/h5-7,12,16,18H,4,8-11H2,1-3H3/t12?,16-/m0/s1. The lowest BCUT2D eigenvalue weighted by Crippen LogP contribution is -2.46. The Hall–Kier alpha value is -0.570. The van der Waals surface area contributed by atoms with Crippen LogP contribution in [0.5, 0.6) is 0 Å². The Labute approximate surface area is 122 Å². The largest absolute Gasteiger partial charge is 0.314 e. The zero-order valence-corrected chi connectivity index (χ0v) is 13.0. The summed E-state index contributed by atoms with van der Waals surface area (Å²) >= 11 is 6.50. The molecule has 2 atom stereocenters. The van der Waals surface area contributed by atoms with Gasteiger partial charge in [0.15, 0.2) is 0 Å². The first-order valence-corrected chi connectivity index (χ1v) is 7.72. The lowest BCUT2D eigenvalue weighted by molar-refractivity contribution is 0.128. The maximum absolute atomic E-state index is 6.50. The highest BCUT2D eigenvalue weighted by Gasteiger charge is 2.28. The Kier molecular flexibility index (Phi) is 5.26. The number of halogens is 1. The van der Waals surface area contributed by atoms with Crippen LogP contribution in [0.4, 0.5) is 0 Å². The van der Waals surface area contributed by atoms with Crippen molar-refractivity contribution >= 4 is 11.6 Å². The molecule has 0 amide bonds. The number of hydrogen-bond donors (Lipinski definition) is 1. The maximum atomic E-state index is 6.50. The van der Waals surface area contributed by atoms with E-state index in [0.717, 1.165) is 31.2 Å². The van der Waals surface area contributed by atoms with Crippen LogP contribution in [0.3, 0.4) is 0 Å². The van der Waals surface area contributed by atoms with Gasteiger partial charge in [-0.15, -0.1) is 0 Å². The van der Waals surface area contributed by atoms with Crippen molar-refractivity contribution in [1.29, 1.82) is 0 Å². The first-order chi connectivity index (χ1) is 9.15. The normalized spacial score (nSPS) is 20.2. The van der Waals surface area contributed by atoms with Crippen molar-refractivity contribution in [3.63, 3.8) is 0 Å². The van der Waals surface area contributed by atoms with Crippen LogP contribution >= 0.6 is 11.6 Å². The van der Waals surface area contributed by atoms with Gasteiger partial charge < -0.3 is 5.32 Å². The van der Waals surface area contributed by atoms with Crippen LogP contribution in [-0.2, 0) is 0 Å². The Morgan fingerprint density at radius 3 is 2.58 bits per heavy atom. The molecule has 1 aliphatic rings. The van der Waals surface area contributed by atoms with Crippen molar-refractivity contribution in [3.8, 4) is 0 Å². The van der Waals surface area contributed by atoms with Crippen molar-refractivity contribution in [2.24, 2.45) is 5.92 Å². The third-order valence-corrected chi connectivity index (χ3v) is 4.62. The van der Waals surface area contributed by atoms with Crippen LogP contribution < -0.4 is 5.32 Å². The zero-order valence-electron chi connectivity index (χ0n) is 12.2. The lowest BCUT2D eigenvalue weighted by atomic mass is 9.88. The van der Waals surface area contributed by atoms with Gasteiger partial charge in [-0.1, -0.05) is 44.0 Å². The molecule has 0 spiro atoms. The molecule has 0 aliphatic carbocycles. The highest BCUT2D eigenvalue weighted by atomic mass is 35.5. The molecule has 2 rings (SSSR count). The van der Waals surface area contributed by atoms with Crippen LogP contribution in [0.1, 0.15) is 37.4 Å². The highest BCUT2D eigenvalue weighted by molar-refractivity contribution is 6.31. The molecule has 1 aromatic carbocycles. The Balaban J connectivity index is 2.36. The smallest absolute Gasteiger partial charge is 0.0456 e. The van der Waals surface area contributed by atoms with Gasteiger partial charge in [0.25, 0.3) is 0 Å². The molecular formula is C16H25ClN2. The van der Waals surface area contributed by atoms with E-state index in [4.69, 9.17) is 11.6 Å². The predicted molar refractivity (Wildman–Crippen MR) is 82.8 cm³/mol. The number of aryl methyl sites for hydroxylation is 1. The molecule has 1 aliphatic heterocycles. The summed E-state index contributed by atoms with van der Waals surface area (Å²) < 4.78 is 0. The predicted octanol–water partition coefficient (Wildman–Crippen LogP) is 3.64. The van der Waals surface area contributed by atoms with Gasteiger partial charge in [-0.2, -0.15) is 0 Å². The van der Waals surface area contributed by atoms with E-state index in [0.29, 0.717) is 12.0 Å². The second-order valence-corrected chi connectivity index (χ2v) is 5.99. The summed E-state index contributed by atoms with van der Waals surface area (Å²) in [5, 5.41) is 4.35. The van der Waals surface area contributed by atoms with Crippen LogP contribution in [0.25, 0.3) is 0 Å². The quantitative estimate of drug-likeness (QED) is 0.906. The van der Waals surface area contributed by atoms with Crippen LogP contribution in [-0.4, -0.2) is 31.1 Å². The van der Waals surface area contributed by atoms with Crippen LogP contribution in [0.2, 0.25) is 5.02 Å². The van der Waals surface area contributed by atoms with Gasteiger partial charge in [0.1, 0.15) is 0 Å². The second-order valence-electron chi connectivity index (χ2n) is 5.59. The van der Waals surface area contributed by atoms with Crippen molar-refractivity contribution in [2.45, 2.75) is 33.2 Å².